The van der Waals surface area contributed by atoms with Gasteiger partial charge in [0.25, 0.3) is 0 Å². The third kappa shape index (κ3) is 3.88. The maximum Gasteiger partial charge on any atom is 0.203 e. The first-order valence-corrected chi connectivity index (χ1v) is 7.92. The van der Waals surface area contributed by atoms with E-state index in [9.17, 15) is 4.79 Å². The molecule has 0 aliphatic carbocycles. The Morgan fingerprint density at radius 1 is 0.958 bits per heavy atom. The highest BCUT2D eigenvalue weighted by Gasteiger charge is 2.16. The molecule has 0 fully saturated rings. The van der Waals surface area contributed by atoms with E-state index >= 15 is 0 Å². The molecular formula is C20H24O4. The number of ether oxygens (including phenoxy) is 3. The lowest BCUT2D eigenvalue weighted by atomic mass is 9.97. The minimum Gasteiger partial charge on any atom is -0.493 e. The topological polar surface area (TPSA) is 44.8 Å². The summed E-state index contributed by atoms with van der Waals surface area (Å²) in [5, 5.41) is 0. The van der Waals surface area contributed by atoms with Gasteiger partial charge < -0.3 is 14.2 Å². The molecule has 0 aromatic heterocycles. The molecule has 0 aliphatic rings. The Labute approximate surface area is 143 Å². The molecule has 0 heterocycles. The van der Waals surface area contributed by atoms with Crippen LogP contribution in [0.25, 0.3) is 0 Å². The Morgan fingerprint density at radius 2 is 1.58 bits per heavy atom. The lowest BCUT2D eigenvalue weighted by molar-refractivity contribution is 0.0993. The molecule has 2 aromatic carbocycles. The van der Waals surface area contributed by atoms with E-state index in [1.807, 2.05) is 36.4 Å². The standard InChI is InChI=1S/C20H24O4/c1-13(2)15-7-6-8-16(12-15)17(21)9-14-10-18(22-3)20(24-5)19(11-14)23-4/h6-8,10-13H,9H2,1-5H3. The molecule has 0 amide bonds. The van der Waals surface area contributed by atoms with Crippen LogP contribution in [0.5, 0.6) is 17.2 Å². The van der Waals surface area contributed by atoms with Crippen LogP contribution in [0.3, 0.4) is 0 Å². The van der Waals surface area contributed by atoms with Crippen molar-refractivity contribution >= 4 is 5.78 Å². The number of hydrogen-bond donors (Lipinski definition) is 0. The summed E-state index contributed by atoms with van der Waals surface area (Å²) in [5.41, 5.74) is 2.70. The van der Waals surface area contributed by atoms with Crippen LogP contribution >= 0.6 is 0 Å². The van der Waals surface area contributed by atoms with Crippen molar-refractivity contribution in [1.29, 1.82) is 0 Å². The third-order valence-electron chi connectivity index (χ3n) is 3.96. The number of ketones is 1. The number of hydrogen-bond acceptors (Lipinski definition) is 4. The fraction of sp³-hybridized carbons (Fsp3) is 0.350. The molecular weight excluding hydrogens is 304 g/mol. The summed E-state index contributed by atoms with van der Waals surface area (Å²) in [7, 11) is 4.69. The number of carbonyl (C=O) groups excluding carboxylic acids is 1. The van der Waals surface area contributed by atoms with E-state index in [1.54, 1.807) is 21.3 Å². The molecule has 0 bridgehead atoms. The third-order valence-corrected chi connectivity index (χ3v) is 3.96. The minimum absolute atomic E-state index is 0.0618. The number of benzene rings is 2. The number of Topliss-reactive ketones (excluding diaryl/α,β-unsaturated/α-hetero) is 1. The molecule has 0 saturated carbocycles. The lowest BCUT2D eigenvalue weighted by Gasteiger charge is -2.14. The van der Waals surface area contributed by atoms with Crippen LogP contribution in [-0.4, -0.2) is 27.1 Å². The first-order valence-electron chi connectivity index (χ1n) is 7.92. The largest absolute Gasteiger partial charge is 0.493 e. The van der Waals surface area contributed by atoms with Crippen LogP contribution in [-0.2, 0) is 6.42 Å². The van der Waals surface area contributed by atoms with Crippen molar-refractivity contribution in [2.24, 2.45) is 0 Å². The molecule has 0 unspecified atom stereocenters. The highest BCUT2D eigenvalue weighted by atomic mass is 16.5. The average Bonchev–Trinajstić information content (AvgIpc) is 2.60. The number of carbonyl (C=O) groups is 1. The molecule has 2 rings (SSSR count). The zero-order chi connectivity index (χ0) is 17.7. The van der Waals surface area contributed by atoms with Gasteiger partial charge in [-0.1, -0.05) is 32.0 Å². The van der Waals surface area contributed by atoms with Gasteiger partial charge in [0.2, 0.25) is 5.75 Å². The van der Waals surface area contributed by atoms with Crippen LogP contribution in [0.2, 0.25) is 0 Å². The van der Waals surface area contributed by atoms with Gasteiger partial charge in [0.15, 0.2) is 17.3 Å². The Hall–Kier alpha value is -2.49. The van der Waals surface area contributed by atoms with Crippen molar-refractivity contribution in [3.8, 4) is 17.2 Å². The predicted molar refractivity (Wildman–Crippen MR) is 94.7 cm³/mol. The van der Waals surface area contributed by atoms with E-state index in [2.05, 4.69) is 13.8 Å². The second kappa shape index (κ2) is 7.86. The summed E-state index contributed by atoms with van der Waals surface area (Å²) < 4.78 is 16.0. The van der Waals surface area contributed by atoms with Crippen molar-refractivity contribution < 1.29 is 19.0 Å². The minimum atomic E-state index is 0.0618. The lowest BCUT2D eigenvalue weighted by Crippen LogP contribution is -2.06. The first-order chi connectivity index (χ1) is 11.5. The fourth-order valence-electron chi connectivity index (χ4n) is 2.60. The Balaban J connectivity index is 2.30. The highest BCUT2D eigenvalue weighted by Crippen LogP contribution is 2.38. The van der Waals surface area contributed by atoms with E-state index in [0.29, 0.717) is 23.2 Å². The van der Waals surface area contributed by atoms with Gasteiger partial charge in [0, 0.05) is 12.0 Å². The SMILES string of the molecule is COc1cc(CC(=O)c2cccc(C(C)C)c2)cc(OC)c1OC. The molecule has 0 radical (unpaired) electrons. The average molecular weight is 328 g/mol. The quantitative estimate of drug-likeness (QED) is 0.712. The van der Waals surface area contributed by atoms with Gasteiger partial charge >= 0.3 is 0 Å². The second-order valence-corrected chi connectivity index (χ2v) is 5.91. The second-order valence-electron chi connectivity index (χ2n) is 5.91. The molecule has 0 N–H and O–H groups in total. The Bertz CT molecular complexity index is 694. The summed E-state index contributed by atoms with van der Waals surface area (Å²) in [6, 6.07) is 11.4. The van der Waals surface area contributed by atoms with E-state index in [4.69, 9.17) is 14.2 Å². The van der Waals surface area contributed by atoms with Gasteiger partial charge in [-0.3, -0.25) is 4.79 Å². The molecule has 24 heavy (non-hydrogen) atoms. The molecule has 0 aliphatic heterocycles. The van der Waals surface area contributed by atoms with Crippen molar-refractivity contribution in [3.63, 3.8) is 0 Å². The van der Waals surface area contributed by atoms with Gasteiger partial charge in [0.1, 0.15) is 0 Å². The molecule has 2 aromatic rings. The highest BCUT2D eigenvalue weighted by molar-refractivity contribution is 5.97. The van der Waals surface area contributed by atoms with Gasteiger partial charge in [-0.2, -0.15) is 0 Å². The maximum atomic E-state index is 12.6. The zero-order valence-electron chi connectivity index (χ0n) is 14.9. The van der Waals surface area contributed by atoms with Crippen LogP contribution < -0.4 is 14.2 Å². The molecule has 4 nitrogen and oxygen atoms in total. The van der Waals surface area contributed by atoms with Gasteiger partial charge in [-0.25, -0.2) is 0 Å². The molecule has 0 spiro atoms. The number of methoxy groups -OCH3 is 3. The fourth-order valence-corrected chi connectivity index (χ4v) is 2.60. The summed E-state index contributed by atoms with van der Waals surface area (Å²) in [6.07, 6.45) is 0.276. The summed E-state index contributed by atoms with van der Waals surface area (Å²) in [6.45, 7) is 4.23. The normalized spacial score (nSPS) is 10.6. The summed E-state index contributed by atoms with van der Waals surface area (Å²) in [4.78, 5) is 12.6. The molecule has 0 atom stereocenters. The van der Waals surface area contributed by atoms with Crippen molar-refractivity contribution in [3.05, 3.63) is 53.1 Å². The van der Waals surface area contributed by atoms with Gasteiger partial charge in [-0.05, 0) is 35.2 Å². The van der Waals surface area contributed by atoms with Crippen molar-refractivity contribution in [2.45, 2.75) is 26.2 Å². The predicted octanol–water partition coefficient (Wildman–Crippen LogP) is 4.26. The van der Waals surface area contributed by atoms with Crippen LogP contribution in [0.4, 0.5) is 0 Å². The van der Waals surface area contributed by atoms with E-state index < -0.39 is 0 Å². The van der Waals surface area contributed by atoms with Crippen molar-refractivity contribution in [2.75, 3.05) is 21.3 Å². The van der Waals surface area contributed by atoms with Gasteiger partial charge in [0.05, 0.1) is 21.3 Å². The van der Waals surface area contributed by atoms with Crippen LogP contribution in [0.15, 0.2) is 36.4 Å². The van der Waals surface area contributed by atoms with E-state index in [-0.39, 0.29) is 12.2 Å². The zero-order valence-corrected chi connectivity index (χ0v) is 14.9. The summed E-state index contributed by atoms with van der Waals surface area (Å²) >= 11 is 0. The molecule has 128 valence electrons. The van der Waals surface area contributed by atoms with E-state index in [1.165, 1.54) is 0 Å². The molecule has 4 heteroatoms. The number of rotatable bonds is 7. The van der Waals surface area contributed by atoms with Gasteiger partial charge in [-0.15, -0.1) is 0 Å². The van der Waals surface area contributed by atoms with E-state index in [0.717, 1.165) is 16.7 Å². The van der Waals surface area contributed by atoms with Crippen LogP contribution in [0, 0.1) is 0 Å². The molecule has 0 saturated heterocycles. The summed E-state index contributed by atoms with van der Waals surface area (Å²) in [5.74, 6) is 2.08. The monoisotopic (exact) mass is 328 g/mol. The first kappa shape index (κ1) is 17.9. The Morgan fingerprint density at radius 3 is 2.08 bits per heavy atom. The smallest absolute Gasteiger partial charge is 0.203 e. The maximum absolute atomic E-state index is 12.6. The van der Waals surface area contributed by atoms with Crippen molar-refractivity contribution in [1.82, 2.24) is 0 Å². The Kier molecular flexibility index (Phi) is 5.85. The van der Waals surface area contributed by atoms with Crippen LogP contribution in [0.1, 0.15) is 41.3 Å².